The summed E-state index contributed by atoms with van der Waals surface area (Å²) < 4.78 is 5.53. The summed E-state index contributed by atoms with van der Waals surface area (Å²) in [4.78, 5) is 15.9. The number of nitrogens with one attached hydrogen (secondary N) is 2. The molecule has 0 aromatic heterocycles. The molecule has 2 aromatic carbocycles. The highest BCUT2D eigenvalue weighted by Gasteiger charge is 2.05. The molecule has 8 N–H and O–H groups in total. The van der Waals surface area contributed by atoms with E-state index in [2.05, 4.69) is 10.3 Å². The van der Waals surface area contributed by atoms with E-state index >= 15 is 0 Å². The number of carbonyl (C=O) groups is 1. The lowest BCUT2D eigenvalue weighted by molar-refractivity contribution is 0.0947. The molecule has 8 nitrogen and oxygen atoms in total. The van der Waals surface area contributed by atoms with Crippen LogP contribution in [-0.4, -0.2) is 30.9 Å². The molecule has 0 bridgehead atoms. The summed E-state index contributed by atoms with van der Waals surface area (Å²) >= 11 is 0. The summed E-state index contributed by atoms with van der Waals surface area (Å²) in [5.74, 6) is 0.298. The number of hydrogen-bond donors (Lipinski definition) is 5. The zero-order valence-electron chi connectivity index (χ0n) is 13.5. The molecule has 2 rings (SSSR count). The number of nitrogens with zero attached hydrogens (tertiary/aromatic N) is 1. The summed E-state index contributed by atoms with van der Waals surface area (Å²) in [5.41, 5.74) is 17.7. The van der Waals surface area contributed by atoms with Crippen LogP contribution in [0.5, 0.6) is 5.75 Å². The highest BCUT2D eigenvalue weighted by Crippen LogP contribution is 2.13. The second-order valence-electron chi connectivity index (χ2n) is 5.13. The zero-order valence-corrected chi connectivity index (χ0v) is 13.5. The standard InChI is InChI=1S/C17H20N6O2/c18-15(19)12-2-1-3-14(10-12)25-9-8-22-16(24)11-4-6-13(7-5-11)23-17(20)21/h1-7,10H,8-9H2,(H3,18,19)(H,22,24)(H4,20,21,23). The maximum atomic E-state index is 12.0. The summed E-state index contributed by atoms with van der Waals surface area (Å²) in [7, 11) is 0. The number of rotatable bonds is 7. The summed E-state index contributed by atoms with van der Waals surface area (Å²) in [5, 5.41) is 10.1. The predicted molar refractivity (Wildman–Crippen MR) is 97.2 cm³/mol. The fraction of sp³-hybridized carbons (Fsp3) is 0.118. The van der Waals surface area contributed by atoms with Gasteiger partial charge in [-0.3, -0.25) is 10.2 Å². The molecule has 0 aliphatic carbocycles. The Morgan fingerprint density at radius 1 is 1.08 bits per heavy atom. The van der Waals surface area contributed by atoms with E-state index < -0.39 is 0 Å². The number of nitrogen functional groups attached to an aromatic ring is 1. The van der Waals surface area contributed by atoms with Crippen molar-refractivity contribution in [3.8, 4) is 5.75 Å². The molecule has 1 amide bonds. The van der Waals surface area contributed by atoms with Gasteiger partial charge in [0.1, 0.15) is 18.2 Å². The van der Waals surface area contributed by atoms with Gasteiger partial charge in [0.15, 0.2) is 5.96 Å². The molecule has 130 valence electrons. The Morgan fingerprint density at radius 3 is 2.44 bits per heavy atom. The number of aliphatic imine (C=N–C) groups is 1. The number of benzene rings is 2. The topological polar surface area (TPSA) is 153 Å². The van der Waals surface area contributed by atoms with Gasteiger partial charge in [-0.1, -0.05) is 12.1 Å². The average molecular weight is 340 g/mol. The SMILES string of the molecule is N=C(N)c1cccc(OCCNC(=O)c2ccc(N=C(N)N)cc2)c1. The highest BCUT2D eigenvalue weighted by molar-refractivity contribution is 5.95. The van der Waals surface area contributed by atoms with Crippen LogP contribution < -0.4 is 27.3 Å². The van der Waals surface area contributed by atoms with E-state index in [1.54, 1.807) is 48.5 Å². The van der Waals surface area contributed by atoms with Crippen LogP contribution in [0.25, 0.3) is 0 Å². The zero-order chi connectivity index (χ0) is 18.2. The minimum Gasteiger partial charge on any atom is -0.492 e. The molecule has 0 heterocycles. The second-order valence-corrected chi connectivity index (χ2v) is 5.13. The van der Waals surface area contributed by atoms with E-state index in [0.29, 0.717) is 35.7 Å². The first-order valence-corrected chi connectivity index (χ1v) is 7.51. The Hall–Kier alpha value is -3.55. The molecule has 0 radical (unpaired) electrons. The van der Waals surface area contributed by atoms with Crippen molar-refractivity contribution in [3.63, 3.8) is 0 Å². The van der Waals surface area contributed by atoms with E-state index in [1.165, 1.54) is 0 Å². The van der Waals surface area contributed by atoms with Gasteiger partial charge in [-0.25, -0.2) is 4.99 Å². The van der Waals surface area contributed by atoms with Gasteiger partial charge >= 0.3 is 0 Å². The number of carbonyl (C=O) groups excluding carboxylic acids is 1. The fourth-order valence-electron chi connectivity index (χ4n) is 2.03. The van der Waals surface area contributed by atoms with Gasteiger partial charge in [-0.2, -0.15) is 0 Å². The van der Waals surface area contributed by atoms with Crippen LogP contribution in [0, 0.1) is 5.41 Å². The predicted octanol–water partition coefficient (Wildman–Crippen LogP) is 0.684. The van der Waals surface area contributed by atoms with Crippen molar-refractivity contribution in [1.29, 1.82) is 5.41 Å². The number of ether oxygens (including phenoxy) is 1. The van der Waals surface area contributed by atoms with Crippen LogP contribution in [-0.2, 0) is 0 Å². The third kappa shape index (κ3) is 5.54. The van der Waals surface area contributed by atoms with E-state index in [9.17, 15) is 4.79 Å². The molecule has 0 saturated carbocycles. The summed E-state index contributed by atoms with van der Waals surface area (Å²) in [6.45, 7) is 0.623. The number of amidine groups is 1. The van der Waals surface area contributed by atoms with Crippen molar-refractivity contribution in [2.75, 3.05) is 13.2 Å². The lowest BCUT2D eigenvalue weighted by atomic mass is 10.2. The van der Waals surface area contributed by atoms with Gasteiger partial charge in [-0.05, 0) is 36.4 Å². The fourth-order valence-corrected chi connectivity index (χ4v) is 2.03. The molecule has 8 heteroatoms. The maximum Gasteiger partial charge on any atom is 0.251 e. The number of nitrogens with two attached hydrogens (primary N) is 3. The number of hydrogen-bond acceptors (Lipinski definition) is 4. The molecule has 0 aliphatic heterocycles. The van der Waals surface area contributed by atoms with E-state index in [4.69, 9.17) is 27.3 Å². The second kappa shape index (κ2) is 8.34. The Balaban J connectivity index is 1.81. The molecular formula is C17H20N6O2. The van der Waals surface area contributed by atoms with Crippen LogP contribution in [0.1, 0.15) is 15.9 Å². The minimum absolute atomic E-state index is 0.0251. The highest BCUT2D eigenvalue weighted by atomic mass is 16.5. The lowest BCUT2D eigenvalue weighted by Gasteiger charge is -2.09. The van der Waals surface area contributed by atoms with Crippen LogP contribution in [0.3, 0.4) is 0 Å². The molecule has 0 aliphatic rings. The molecular weight excluding hydrogens is 320 g/mol. The van der Waals surface area contributed by atoms with Crippen LogP contribution >= 0.6 is 0 Å². The van der Waals surface area contributed by atoms with Crippen molar-refractivity contribution >= 4 is 23.4 Å². The molecule has 0 unspecified atom stereocenters. The monoisotopic (exact) mass is 340 g/mol. The Labute approximate surface area is 145 Å². The first kappa shape index (κ1) is 17.8. The number of guanidine groups is 1. The Morgan fingerprint density at radius 2 is 1.80 bits per heavy atom. The van der Waals surface area contributed by atoms with Gasteiger partial charge in [0.2, 0.25) is 0 Å². The summed E-state index contributed by atoms with van der Waals surface area (Å²) in [6, 6.07) is 13.5. The normalized spacial score (nSPS) is 9.92. The quantitative estimate of drug-likeness (QED) is 0.285. The number of amides is 1. The average Bonchev–Trinajstić information content (AvgIpc) is 2.59. The third-order valence-electron chi connectivity index (χ3n) is 3.19. The van der Waals surface area contributed by atoms with Crippen molar-refractivity contribution < 1.29 is 9.53 Å². The van der Waals surface area contributed by atoms with Crippen LogP contribution in [0.15, 0.2) is 53.5 Å². The maximum absolute atomic E-state index is 12.0. The van der Waals surface area contributed by atoms with E-state index in [0.717, 1.165) is 0 Å². The molecule has 0 spiro atoms. The largest absolute Gasteiger partial charge is 0.492 e. The van der Waals surface area contributed by atoms with E-state index in [-0.39, 0.29) is 17.7 Å². The van der Waals surface area contributed by atoms with Gasteiger partial charge in [0.25, 0.3) is 5.91 Å². The van der Waals surface area contributed by atoms with Crippen LogP contribution in [0.2, 0.25) is 0 Å². The van der Waals surface area contributed by atoms with Crippen molar-refractivity contribution in [2.45, 2.75) is 0 Å². The van der Waals surface area contributed by atoms with Gasteiger partial charge < -0.3 is 27.3 Å². The summed E-state index contributed by atoms with van der Waals surface area (Å²) in [6.07, 6.45) is 0. The Bertz CT molecular complexity index is 782. The van der Waals surface area contributed by atoms with Crippen molar-refractivity contribution in [3.05, 3.63) is 59.7 Å². The lowest BCUT2D eigenvalue weighted by Crippen LogP contribution is -2.28. The minimum atomic E-state index is -0.225. The van der Waals surface area contributed by atoms with Crippen molar-refractivity contribution in [1.82, 2.24) is 5.32 Å². The van der Waals surface area contributed by atoms with Gasteiger partial charge in [-0.15, -0.1) is 0 Å². The van der Waals surface area contributed by atoms with Crippen LogP contribution in [0.4, 0.5) is 5.69 Å². The molecule has 2 aromatic rings. The molecule has 0 atom stereocenters. The first-order chi connectivity index (χ1) is 12.0. The third-order valence-corrected chi connectivity index (χ3v) is 3.19. The van der Waals surface area contributed by atoms with E-state index in [1.807, 2.05) is 0 Å². The van der Waals surface area contributed by atoms with Crippen molar-refractivity contribution in [2.24, 2.45) is 22.2 Å². The van der Waals surface area contributed by atoms with Gasteiger partial charge in [0, 0.05) is 11.1 Å². The smallest absolute Gasteiger partial charge is 0.251 e. The van der Waals surface area contributed by atoms with Gasteiger partial charge in [0.05, 0.1) is 12.2 Å². The molecule has 0 fully saturated rings. The Kier molecular flexibility index (Phi) is 5.94. The molecule has 25 heavy (non-hydrogen) atoms. The molecule has 0 saturated heterocycles. The first-order valence-electron chi connectivity index (χ1n) is 7.51.